The predicted octanol–water partition coefficient (Wildman–Crippen LogP) is 0.0117. The number of urea groups is 1. The van der Waals surface area contributed by atoms with E-state index in [1.54, 1.807) is 0 Å². The van der Waals surface area contributed by atoms with Gasteiger partial charge in [0.1, 0.15) is 6.04 Å². The second-order valence-electron chi connectivity index (χ2n) is 4.40. The molecule has 1 aromatic rings. The van der Waals surface area contributed by atoms with Crippen LogP contribution in [0, 0.1) is 0 Å². The molecule has 0 aliphatic heterocycles. The van der Waals surface area contributed by atoms with Gasteiger partial charge in [-0.15, -0.1) is 0 Å². The first-order chi connectivity index (χ1) is 10.9. The van der Waals surface area contributed by atoms with Crippen molar-refractivity contribution in [3.63, 3.8) is 0 Å². The van der Waals surface area contributed by atoms with Crippen LogP contribution in [-0.2, 0) is 19.1 Å². The Morgan fingerprint density at radius 1 is 1.09 bits per heavy atom. The van der Waals surface area contributed by atoms with Crippen LogP contribution >= 0.6 is 0 Å². The molecule has 0 bridgehead atoms. The number of esters is 2. The van der Waals surface area contributed by atoms with Crippen molar-refractivity contribution in [1.29, 1.82) is 0 Å². The molecule has 1 rings (SSSR count). The van der Waals surface area contributed by atoms with Crippen LogP contribution in [0.15, 0.2) is 24.3 Å². The summed E-state index contributed by atoms with van der Waals surface area (Å²) >= 11 is 0. The molecule has 0 saturated heterocycles. The number of hydrogen-bond acceptors (Lipinski definition) is 6. The molecule has 1 unspecified atom stereocenters. The second kappa shape index (κ2) is 8.37. The molecule has 0 aromatic heterocycles. The van der Waals surface area contributed by atoms with Crippen LogP contribution < -0.4 is 16.4 Å². The Hall–Kier alpha value is -3.10. The average molecular weight is 323 g/mol. The molecule has 0 heterocycles. The van der Waals surface area contributed by atoms with E-state index in [1.165, 1.54) is 24.3 Å². The van der Waals surface area contributed by atoms with Gasteiger partial charge < -0.3 is 25.8 Å². The number of methoxy groups -OCH3 is 2. The number of nitrogens with one attached hydrogen (secondary N) is 2. The fraction of sp³-hybridized carbons (Fsp3) is 0.286. The maximum Gasteiger partial charge on any atom is 0.329 e. The topological polar surface area (TPSA) is 137 Å². The monoisotopic (exact) mass is 323 g/mol. The number of primary amides is 1. The van der Waals surface area contributed by atoms with Gasteiger partial charge in [-0.05, 0) is 24.3 Å². The normalized spacial score (nSPS) is 11.0. The van der Waals surface area contributed by atoms with Crippen molar-refractivity contribution >= 4 is 29.6 Å². The zero-order valence-electron chi connectivity index (χ0n) is 12.6. The van der Waals surface area contributed by atoms with Crippen LogP contribution in [0.25, 0.3) is 0 Å². The van der Waals surface area contributed by atoms with Crippen molar-refractivity contribution in [1.82, 2.24) is 5.32 Å². The lowest BCUT2D eigenvalue weighted by Gasteiger charge is -2.16. The molecule has 1 atom stereocenters. The van der Waals surface area contributed by atoms with Gasteiger partial charge in [-0.3, -0.25) is 9.59 Å². The molecule has 0 radical (unpaired) electrons. The summed E-state index contributed by atoms with van der Waals surface area (Å²) in [7, 11) is 2.30. The van der Waals surface area contributed by atoms with Crippen molar-refractivity contribution < 1.29 is 28.7 Å². The van der Waals surface area contributed by atoms with E-state index >= 15 is 0 Å². The lowest BCUT2D eigenvalue weighted by molar-refractivity contribution is -0.149. The first-order valence-electron chi connectivity index (χ1n) is 6.49. The van der Waals surface area contributed by atoms with Crippen LogP contribution in [0.5, 0.6) is 0 Å². The van der Waals surface area contributed by atoms with Crippen molar-refractivity contribution in [2.45, 2.75) is 12.5 Å². The molecule has 3 amide bonds. The molecule has 0 saturated carbocycles. The van der Waals surface area contributed by atoms with Crippen molar-refractivity contribution in [2.24, 2.45) is 5.73 Å². The largest absolute Gasteiger partial charge is 0.469 e. The third-order valence-corrected chi connectivity index (χ3v) is 2.82. The first-order valence-corrected chi connectivity index (χ1v) is 6.49. The minimum atomic E-state index is -1.18. The highest BCUT2D eigenvalue weighted by Crippen LogP contribution is 2.09. The van der Waals surface area contributed by atoms with E-state index in [-0.39, 0.29) is 12.0 Å². The van der Waals surface area contributed by atoms with Gasteiger partial charge in [-0.2, -0.15) is 0 Å². The van der Waals surface area contributed by atoms with Crippen LogP contribution in [0.1, 0.15) is 16.8 Å². The van der Waals surface area contributed by atoms with Gasteiger partial charge in [0.05, 0.1) is 20.6 Å². The summed E-state index contributed by atoms with van der Waals surface area (Å²) < 4.78 is 8.96. The number of rotatable bonds is 6. The number of carbonyl (C=O) groups is 4. The lowest BCUT2D eigenvalue weighted by Crippen LogP contribution is -2.45. The Bertz CT molecular complexity index is 599. The van der Waals surface area contributed by atoms with Gasteiger partial charge >= 0.3 is 18.0 Å². The van der Waals surface area contributed by atoms with Crippen LogP contribution in [-0.4, -0.2) is 44.1 Å². The van der Waals surface area contributed by atoms with E-state index in [1.807, 2.05) is 0 Å². The minimum absolute atomic E-state index is 0.286. The molecule has 0 aliphatic rings. The smallest absolute Gasteiger partial charge is 0.329 e. The summed E-state index contributed by atoms with van der Waals surface area (Å²) in [4.78, 5) is 45.6. The third kappa shape index (κ3) is 5.65. The number of carbonyl (C=O) groups excluding carboxylic acids is 4. The summed E-state index contributed by atoms with van der Waals surface area (Å²) in [5.41, 5.74) is 5.76. The molecule has 0 fully saturated rings. The van der Waals surface area contributed by atoms with E-state index in [9.17, 15) is 19.2 Å². The molecular formula is C14H17N3O6. The molecule has 9 nitrogen and oxygen atoms in total. The Kier molecular flexibility index (Phi) is 6.53. The summed E-state index contributed by atoms with van der Waals surface area (Å²) in [6.45, 7) is 0. The maximum absolute atomic E-state index is 11.9. The second-order valence-corrected chi connectivity index (χ2v) is 4.40. The van der Waals surface area contributed by atoms with Gasteiger partial charge in [-0.1, -0.05) is 0 Å². The molecule has 23 heavy (non-hydrogen) atoms. The Morgan fingerprint density at radius 2 is 1.70 bits per heavy atom. The molecule has 124 valence electrons. The number of amides is 3. The van der Waals surface area contributed by atoms with Gasteiger partial charge in [0.25, 0.3) is 0 Å². The van der Waals surface area contributed by atoms with Gasteiger partial charge in [0.2, 0.25) is 5.91 Å². The number of benzene rings is 1. The van der Waals surface area contributed by atoms with E-state index in [0.29, 0.717) is 5.69 Å². The molecular weight excluding hydrogens is 306 g/mol. The van der Waals surface area contributed by atoms with Crippen LogP contribution in [0.4, 0.5) is 10.5 Å². The first kappa shape index (κ1) is 18.0. The van der Waals surface area contributed by atoms with Crippen molar-refractivity contribution in [3.05, 3.63) is 29.8 Å². The Morgan fingerprint density at radius 3 is 2.17 bits per heavy atom. The number of ether oxygens (including phenoxy) is 2. The zero-order valence-corrected chi connectivity index (χ0v) is 12.6. The predicted molar refractivity (Wildman–Crippen MR) is 79.6 cm³/mol. The quantitative estimate of drug-likeness (QED) is 0.631. The van der Waals surface area contributed by atoms with E-state index in [4.69, 9.17) is 5.73 Å². The summed E-state index contributed by atoms with van der Waals surface area (Å²) in [6, 6.07) is 3.89. The summed E-state index contributed by atoms with van der Waals surface area (Å²) in [5.74, 6) is -2.05. The van der Waals surface area contributed by atoms with Gasteiger partial charge in [0.15, 0.2) is 0 Å². The Labute approximate surface area is 132 Å². The highest BCUT2D eigenvalue weighted by Gasteiger charge is 2.25. The fourth-order valence-electron chi connectivity index (χ4n) is 1.63. The number of anilines is 1. The fourth-order valence-corrected chi connectivity index (χ4v) is 1.63. The summed E-state index contributed by atoms with van der Waals surface area (Å²) in [5, 5.41) is 4.75. The van der Waals surface area contributed by atoms with E-state index < -0.39 is 29.9 Å². The number of nitrogens with two attached hydrogens (primary N) is 1. The van der Waals surface area contributed by atoms with E-state index in [0.717, 1.165) is 14.2 Å². The number of hydrogen-bond donors (Lipinski definition) is 3. The highest BCUT2D eigenvalue weighted by molar-refractivity contribution is 5.95. The van der Waals surface area contributed by atoms with Crippen molar-refractivity contribution in [2.75, 3.05) is 19.5 Å². The maximum atomic E-state index is 11.9. The van der Waals surface area contributed by atoms with Gasteiger partial charge in [0, 0.05) is 11.3 Å². The molecule has 0 spiro atoms. The molecule has 4 N–H and O–H groups in total. The Balaban J connectivity index is 2.69. The standard InChI is InChI=1S/C14H17N3O6/c1-22-11(18)7-10(13(20)23-2)17-14(21)16-9-5-3-8(4-6-9)12(15)19/h3-6,10H,7H2,1-2H3,(H2,15,19)(H2,16,17,21). The van der Waals surface area contributed by atoms with Crippen LogP contribution in [0.2, 0.25) is 0 Å². The SMILES string of the molecule is COC(=O)CC(NC(=O)Nc1ccc(C(N)=O)cc1)C(=O)OC. The van der Waals surface area contributed by atoms with Crippen molar-refractivity contribution in [3.8, 4) is 0 Å². The minimum Gasteiger partial charge on any atom is -0.469 e. The average Bonchev–Trinajstić information content (AvgIpc) is 2.53. The van der Waals surface area contributed by atoms with Crippen LogP contribution in [0.3, 0.4) is 0 Å². The van der Waals surface area contributed by atoms with E-state index in [2.05, 4.69) is 20.1 Å². The molecule has 9 heteroatoms. The third-order valence-electron chi connectivity index (χ3n) is 2.82. The highest BCUT2D eigenvalue weighted by atomic mass is 16.5. The molecule has 1 aromatic carbocycles. The summed E-state index contributed by atoms with van der Waals surface area (Å²) in [6.07, 6.45) is -0.364. The molecule has 0 aliphatic carbocycles. The van der Waals surface area contributed by atoms with Gasteiger partial charge in [-0.25, -0.2) is 9.59 Å². The lowest BCUT2D eigenvalue weighted by atomic mass is 10.2. The zero-order chi connectivity index (χ0) is 17.4.